The normalized spacial score (nSPS) is 11.5. The van der Waals surface area contributed by atoms with Crippen molar-refractivity contribution in [2.45, 2.75) is 18.7 Å². The van der Waals surface area contributed by atoms with E-state index in [1.54, 1.807) is 30.5 Å². The SMILES string of the molecule is CC(=O)NS(=O)(=O)c1ccc(-c2ccc(C=NNc3cccc(C)c3)o2)cc1. The number of carbonyl (C=O) groups excluding carboxylic acids is 1. The molecule has 0 aliphatic heterocycles. The molecule has 144 valence electrons. The third-order valence-corrected chi connectivity index (χ3v) is 5.21. The molecule has 1 amide bonds. The standard InChI is InChI=1S/C20H19N3O4S/c1-14-4-3-5-17(12-14)22-21-13-18-8-11-20(27-18)16-6-9-19(10-7-16)28(25,26)23-15(2)24/h3-13,22H,1-2H3,(H,23,24). The maximum absolute atomic E-state index is 12.0. The van der Waals surface area contributed by atoms with Gasteiger partial charge in [0.25, 0.3) is 10.0 Å². The van der Waals surface area contributed by atoms with Crippen LogP contribution >= 0.6 is 0 Å². The second-order valence-electron chi connectivity index (χ2n) is 6.13. The highest BCUT2D eigenvalue weighted by atomic mass is 32.2. The van der Waals surface area contributed by atoms with Crippen molar-refractivity contribution < 1.29 is 17.6 Å². The minimum Gasteiger partial charge on any atom is -0.455 e. The molecule has 28 heavy (non-hydrogen) atoms. The molecule has 0 unspecified atom stereocenters. The molecule has 3 rings (SSSR count). The van der Waals surface area contributed by atoms with E-state index in [2.05, 4.69) is 10.5 Å². The molecule has 0 bridgehead atoms. The lowest BCUT2D eigenvalue weighted by atomic mass is 10.2. The van der Waals surface area contributed by atoms with Crippen molar-refractivity contribution in [2.75, 3.05) is 5.43 Å². The fourth-order valence-corrected chi connectivity index (χ4v) is 3.50. The van der Waals surface area contributed by atoms with Crippen LogP contribution in [-0.2, 0) is 14.8 Å². The number of nitrogens with one attached hydrogen (secondary N) is 2. The Morgan fingerprint density at radius 1 is 1.07 bits per heavy atom. The molecule has 2 N–H and O–H groups in total. The Labute approximate surface area is 163 Å². The lowest BCUT2D eigenvalue weighted by Crippen LogP contribution is -2.28. The molecule has 1 heterocycles. The fraction of sp³-hybridized carbons (Fsp3) is 0.100. The Hall–Kier alpha value is -3.39. The first-order chi connectivity index (χ1) is 13.3. The van der Waals surface area contributed by atoms with E-state index >= 15 is 0 Å². The first-order valence-electron chi connectivity index (χ1n) is 8.43. The summed E-state index contributed by atoms with van der Waals surface area (Å²) in [6.45, 7) is 3.14. The average Bonchev–Trinajstić information content (AvgIpc) is 3.10. The average molecular weight is 397 g/mol. The molecule has 8 heteroatoms. The van der Waals surface area contributed by atoms with Gasteiger partial charge in [0.05, 0.1) is 16.8 Å². The van der Waals surface area contributed by atoms with E-state index in [4.69, 9.17) is 4.42 Å². The van der Waals surface area contributed by atoms with Crippen molar-refractivity contribution in [3.8, 4) is 11.3 Å². The topological polar surface area (TPSA) is 101 Å². The van der Waals surface area contributed by atoms with Gasteiger partial charge in [0.15, 0.2) is 0 Å². The van der Waals surface area contributed by atoms with Crippen LogP contribution in [0.25, 0.3) is 11.3 Å². The molecular formula is C20H19N3O4S. The number of hydrogen-bond donors (Lipinski definition) is 2. The Bertz CT molecular complexity index is 1120. The van der Waals surface area contributed by atoms with E-state index in [1.807, 2.05) is 35.9 Å². The number of benzene rings is 2. The minimum absolute atomic E-state index is 0.00199. The molecule has 0 atom stereocenters. The van der Waals surface area contributed by atoms with Crippen molar-refractivity contribution in [3.63, 3.8) is 0 Å². The predicted octanol–water partition coefficient (Wildman–Crippen LogP) is 3.53. The zero-order valence-electron chi connectivity index (χ0n) is 15.3. The molecule has 0 aliphatic rings. The molecule has 3 aromatic rings. The van der Waals surface area contributed by atoms with Crippen molar-refractivity contribution >= 4 is 27.8 Å². The monoisotopic (exact) mass is 397 g/mol. The zero-order valence-corrected chi connectivity index (χ0v) is 16.2. The minimum atomic E-state index is -3.85. The van der Waals surface area contributed by atoms with Crippen LogP contribution in [0.2, 0.25) is 0 Å². The molecule has 0 saturated carbocycles. The molecule has 0 fully saturated rings. The van der Waals surface area contributed by atoms with Crippen LogP contribution in [0, 0.1) is 6.92 Å². The fourth-order valence-electron chi connectivity index (χ4n) is 2.51. The largest absolute Gasteiger partial charge is 0.455 e. The van der Waals surface area contributed by atoms with Crippen LogP contribution < -0.4 is 10.1 Å². The summed E-state index contributed by atoms with van der Waals surface area (Å²) in [7, 11) is -3.85. The maximum atomic E-state index is 12.0. The number of furan rings is 1. The Morgan fingerprint density at radius 2 is 1.82 bits per heavy atom. The smallest absolute Gasteiger partial charge is 0.264 e. The molecule has 0 saturated heterocycles. The van der Waals surface area contributed by atoms with Crippen molar-refractivity contribution in [1.82, 2.24) is 4.72 Å². The Kier molecular flexibility index (Phi) is 5.60. The summed E-state index contributed by atoms with van der Waals surface area (Å²) in [6.07, 6.45) is 1.56. The van der Waals surface area contributed by atoms with Crippen LogP contribution in [-0.4, -0.2) is 20.5 Å². The zero-order chi connectivity index (χ0) is 20.1. The summed E-state index contributed by atoms with van der Waals surface area (Å²) in [4.78, 5) is 11.0. The number of hydrogen-bond acceptors (Lipinski definition) is 6. The second-order valence-corrected chi connectivity index (χ2v) is 7.81. The van der Waals surface area contributed by atoms with E-state index in [9.17, 15) is 13.2 Å². The number of anilines is 1. The molecule has 1 aromatic heterocycles. The quantitative estimate of drug-likeness (QED) is 0.489. The third-order valence-electron chi connectivity index (χ3n) is 3.76. The van der Waals surface area contributed by atoms with E-state index in [0.717, 1.165) is 18.2 Å². The number of nitrogens with zero attached hydrogens (tertiary/aromatic N) is 1. The number of aryl methyl sites for hydroxylation is 1. The van der Waals surface area contributed by atoms with Crippen LogP contribution in [0.1, 0.15) is 18.2 Å². The van der Waals surface area contributed by atoms with Gasteiger partial charge < -0.3 is 4.42 Å². The summed E-state index contributed by atoms with van der Waals surface area (Å²) in [5, 5.41) is 4.15. The van der Waals surface area contributed by atoms with Gasteiger partial charge in [-0.2, -0.15) is 5.10 Å². The highest BCUT2D eigenvalue weighted by Crippen LogP contribution is 2.23. The highest BCUT2D eigenvalue weighted by molar-refractivity contribution is 7.90. The number of carbonyl (C=O) groups is 1. The summed E-state index contributed by atoms with van der Waals surface area (Å²) in [5.74, 6) is 0.476. The maximum Gasteiger partial charge on any atom is 0.264 e. The van der Waals surface area contributed by atoms with Gasteiger partial charge in [-0.1, -0.05) is 12.1 Å². The van der Waals surface area contributed by atoms with Gasteiger partial charge >= 0.3 is 0 Å². The van der Waals surface area contributed by atoms with Gasteiger partial charge in [0, 0.05) is 12.5 Å². The van der Waals surface area contributed by atoms with Crippen LogP contribution in [0.5, 0.6) is 0 Å². The van der Waals surface area contributed by atoms with Gasteiger partial charge in [-0.3, -0.25) is 10.2 Å². The second kappa shape index (κ2) is 8.10. The van der Waals surface area contributed by atoms with Gasteiger partial charge in [0.1, 0.15) is 11.5 Å². The number of sulfonamides is 1. The van der Waals surface area contributed by atoms with E-state index in [-0.39, 0.29) is 4.90 Å². The molecule has 7 nitrogen and oxygen atoms in total. The predicted molar refractivity (Wildman–Crippen MR) is 108 cm³/mol. The first-order valence-corrected chi connectivity index (χ1v) is 9.91. The van der Waals surface area contributed by atoms with Crippen LogP contribution in [0.4, 0.5) is 5.69 Å². The highest BCUT2D eigenvalue weighted by Gasteiger charge is 2.15. The molecular weight excluding hydrogens is 378 g/mol. The van der Waals surface area contributed by atoms with Crippen LogP contribution in [0.15, 0.2) is 75.1 Å². The van der Waals surface area contributed by atoms with Gasteiger partial charge in [-0.25, -0.2) is 13.1 Å². The Balaban J connectivity index is 1.70. The van der Waals surface area contributed by atoms with E-state index < -0.39 is 15.9 Å². The van der Waals surface area contributed by atoms with Crippen molar-refractivity contribution in [2.24, 2.45) is 5.10 Å². The molecule has 0 radical (unpaired) electrons. The van der Waals surface area contributed by atoms with Crippen molar-refractivity contribution in [1.29, 1.82) is 0 Å². The van der Waals surface area contributed by atoms with Gasteiger partial charge in [-0.15, -0.1) is 0 Å². The number of amides is 1. The summed E-state index contributed by atoms with van der Waals surface area (Å²) in [5.41, 5.74) is 5.64. The molecule has 0 aliphatic carbocycles. The summed E-state index contributed by atoms with van der Waals surface area (Å²) >= 11 is 0. The summed E-state index contributed by atoms with van der Waals surface area (Å²) < 4.78 is 31.6. The first kappa shape index (κ1) is 19.4. The van der Waals surface area contributed by atoms with Gasteiger partial charge in [-0.05, 0) is 61.0 Å². The van der Waals surface area contributed by atoms with Crippen LogP contribution in [0.3, 0.4) is 0 Å². The number of rotatable bonds is 6. The van der Waals surface area contributed by atoms with Gasteiger partial charge in [0.2, 0.25) is 5.91 Å². The Morgan fingerprint density at radius 3 is 2.50 bits per heavy atom. The molecule has 0 spiro atoms. The summed E-state index contributed by atoms with van der Waals surface area (Å²) in [6, 6.07) is 17.4. The van der Waals surface area contributed by atoms with E-state index in [1.165, 1.54) is 12.1 Å². The van der Waals surface area contributed by atoms with Crippen molar-refractivity contribution in [3.05, 3.63) is 72.0 Å². The number of hydrazone groups is 1. The lowest BCUT2D eigenvalue weighted by Gasteiger charge is -2.05. The molecule has 2 aromatic carbocycles. The third kappa shape index (κ3) is 4.86. The van der Waals surface area contributed by atoms with E-state index in [0.29, 0.717) is 17.1 Å². The lowest BCUT2D eigenvalue weighted by molar-refractivity contribution is -0.117.